The molecule has 1 amide bonds. The van der Waals surface area contributed by atoms with Crippen molar-refractivity contribution in [2.24, 2.45) is 0 Å². The maximum Gasteiger partial charge on any atom is 0.254 e. The number of ether oxygens (including phenoxy) is 3. The van der Waals surface area contributed by atoms with Crippen LogP contribution in [0.25, 0.3) is 22.4 Å². The lowest BCUT2D eigenvalue weighted by Crippen LogP contribution is -2.40. The van der Waals surface area contributed by atoms with Gasteiger partial charge in [-0.3, -0.25) is 4.79 Å². The van der Waals surface area contributed by atoms with Gasteiger partial charge in [0.1, 0.15) is 0 Å². The fraction of sp³-hybridized carbons (Fsp3) is 0.414. The van der Waals surface area contributed by atoms with Crippen LogP contribution in [0.1, 0.15) is 10.4 Å². The van der Waals surface area contributed by atoms with E-state index in [4.69, 9.17) is 29.2 Å². The Balaban J connectivity index is 1.10. The van der Waals surface area contributed by atoms with Gasteiger partial charge in [-0.2, -0.15) is 15.0 Å². The van der Waals surface area contributed by atoms with Crippen molar-refractivity contribution in [3.63, 3.8) is 0 Å². The van der Waals surface area contributed by atoms with Gasteiger partial charge in [-0.25, -0.2) is 4.98 Å². The number of nitrogens with zero attached hydrogens (tertiary/aromatic N) is 7. The Morgan fingerprint density at radius 3 is 1.93 bits per heavy atom. The number of carbonyl (C=O) groups is 1. The number of nitrogens with one attached hydrogen (secondary N) is 2. The Bertz CT molecular complexity index is 1510. The predicted octanol–water partition coefficient (Wildman–Crippen LogP) is 2.30. The van der Waals surface area contributed by atoms with Crippen molar-refractivity contribution in [3.05, 3.63) is 48.0 Å². The van der Waals surface area contributed by atoms with E-state index in [9.17, 15) is 4.79 Å². The minimum absolute atomic E-state index is 0.00628. The van der Waals surface area contributed by atoms with Crippen molar-refractivity contribution in [3.8, 4) is 11.4 Å². The van der Waals surface area contributed by atoms with Crippen molar-refractivity contribution in [2.45, 2.75) is 0 Å². The van der Waals surface area contributed by atoms with Crippen molar-refractivity contribution in [1.29, 1.82) is 0 Å². The van der Waals surface area contributed by atoms with Gasteiger partial charge in [-0.05, 0) is 42.5 Å². The van der Waals surface area contributed by atoms with Gasteiger partial charge < -0.3 is 39.2 Å². The maximum atomic E-state index is 12.9. The number of aromatic amines is 1. The number of H-pyrrole nitrogens is 1. The molecule has 13 heteroatoms. The van der Waals surface area contributed by atoms with Gasteiger partial charge in [0.15, 0.2) is 5.82 Å². The summed E-state index contributed by atoms with van der Waals surface area (Å²) in [5.41, 5.74) is 3.96. The highest BCUT2D eigenvalue weighted by Crippen LogP contribution is 2.26. The molecule has 0 spiro atoms. The van der Waals surface area contributed by atoms with Crippen LogP contribution in [-0.4, -0.2) is 115 Å². The summed E-state index contributed by atoms with van der Waals surface area (Å²) in [7, 11) is 0. The first-order chi connectivity index (χ1) is 20.7. The van der Waals surface area contributed by atoms with Crippen LogP contribution in [0.2, 0.25) is 0 Å². The Kier molecular flexibility index (Phi) is 7.51. The fourth-order valence-electron chi connectivity index (χ4n) is 5.28. The van der Waals surface area contributed by atoms with Crippen molar-refractivity contribution >= 4 is 40.5 Å². The fourth-order valence-corrected chi connectivity index (χ4v) is 5.28. The first-order valence-corrected chi connectivity index (χ1v) is 14.4. The molecule has 3 fully saturated rings. The van der Waals surface area contributed by atoms with E-state index in [0.717, 1.165) is 48.5 Å². The van der Waals surface area contributed by atoms with E-state index in [0.29, 0.717) is 82.0 Å². The summed E-state index contributed by atoms with van der Waals surface area (Å²) >= 11 is 0. The van der Waals surface area contributed by atoms with E-state index in [-0.39, 0.29) is 5.91 Å². The third kappa shape index (κ3) is 5.71. The van der Waals surface area contributed by atoms with Gasteiger partial charge in [0.2, 0.25) is 17.8 Å². The Hall–Kier alpha value is -4.33. The summed E-state index contributed by atoms with van der Waals surface area (Å²) in [5, 5.41) is 3.33. The second-order valence-corrected chi connectivity index (χ2v) is 10.4. The van der Waals surface area contributed by atoms with Gasteiger partial charge in [-0.15, -0.1) is 0 Å². The maximum absolute atomic E-state index is 12.9. The molecule has 7 rings (SSSR count). The molecular formula is C29H33N9O4. The van der Waals surface area contributed by atoms with Gasteiger partial charge in [0.25, 0.3) is 5.91 Å². The van der Waals surface area contributed by atoms with Crippen LogP contribution in [0, 0.1) is 0 Å². The van der Waals surface area contributed by atoms with Crippen LogP contribution in [-0.2, 0) is 14.2 Å². The molecular weight excluding hydrogens is 538 g/mol. The number of morpholine rings is 3. The van der Waals surface area contributed by atoms with Gasteiger partial charge >= 0.3 is 0 Å². The van der Waals surface area contributed by atoms with E-state index in [1.165, 1.54) is 0 Å². The monoisotopic (exact) mass is 571 g/mol. The lowest BCUT2D eigenvalue weighted by atomic mass is 10.1. The molecule has 2 N–H and O–H groups in total. The average molecular weight is 572 g/mol. The number of fused-ring (bicyclic) bond motifs is 1. The molecule has 0 radical (unpaired) electrons. The largest absolute Gasteiger partial charge is 0.378 e. The number of carbonyl (C=O) groups excluding carboxylic acids is 1. The molecule has 0 unspecified atom stereocenters. The normalized spacial score (nSPS) is 18.0. The zero-order valence-electron chi connectivity index (χ0n) is 23.3. The van der Waals surface area contributed by atoms with Crippen molar-refractivity contribution in [2.75, 3.05) is 94.0 Å². The number of anilines is 4. The van der Waals surface area contributed by atoms with Crippen LogP contribution >= 0.6 is 0 Å². The molecule has 5 heterocycles. The van der Waals surface area contributed by atoms with Crippen LogP contribution < -0.4 is 15.1 Å². The molecule has 42 heavy (non-hydrogen) atoms. The summed E-state index contributed by atoms with van der Waals surface area (Å²) in [5.74, 6) is 2.56. The van der Waals surface area contributed by atoms with E-state index < -0.39 is 0 Å². The van der Waals surface area contributed by atoms with Crippen LogP contribution in [0.5, 0.6) is 0 Å². The molecule has 2 aromatic carbocycles. The second-order valence-electron chi connectivity index (χ2n) is 10.4. The van der Waals surface area contributed by atoms with E-state index in [1.54, 1.807) is 0 Å². The predicted molar refractivity (Wildman–Crippen MR) is 157 cm³/mol. The molecule has 0 aliphatic carbocycles. The molecule has 0 bridgehead atoms. The SMILES string of the molecule is O=C(c1ccc2nc(Nc3ccc(-c4nc(N5CCOCC5)nc(N5CCOCC5)n4)cc3)[nH]c2c1)N1CCOCC1. The zero-order chi connectivity index (χ0) is 28.3. The highest BCUT2D eigenvalue weighted by atomic mass is 16.5. The molecule has 218 valence electrons. The van der Waals surface area contributed by atoms with E-state index in [2.05, 4.69) is 25.1 Å². The first-order valence-electron chi connectivity index (χ1n) is 14.4. The summed E-state index contributed by atoms with van der Waals surface area (Å²) in [6, 6.07) is 13.5. The summed E-state index contributed by atoms with van der Waals surface area (Å²) in [6.45, 7) is 7.96. The van der Waals surface area contributed by atoms with Crippen molar-refractivity contribution < 1.29 is 19.0 Å². The Labute approximate surface area is 242 Å². The summed E-state index contributed by atoms with van der Waals surface area (Å²) in [6.07, 6.45) is 0. The highest BCUT2D eigenvalue weighted by molar-refractivity contribution is 5.97. The molecule has 4 aromatic rings. The number of hydrogen-bond acceptors (Lipinski definition) is 11. The number of hydrogen-bond donors (Lipinski definition) is 2. The van der Waals surface area contributed by atoms with Crippen molar-refractivity contribution in [1.82, 2.24) is 29.8 Å². The Morgan fingerprint density at radius 1 is 0.714 bits per heavy atom. The van der Waals surface area contributed by atoms with E-state index in [1.807, 2.05) is 47.4 Å². The number of rotatable bonds is 6. The third-order valence-electron chi connectivity index (χ3n) is 7.63. The standard InChI is InChI=1S/C29H33N9O4/c39-26(36-7-13-40-14-8-36)21-3-6-23-24(19-21)32-27(31-23)30-22-4-1-20(2-5-22)25-33-28(37-9-15-41-16-10-37)35-29(34-25)38-11-17-42-18-12-38/h1-6,19H,7-18H2,(H2,30,31,32). The topological polar surface area (TPSA) is 134 Å². The van der Waals surface area contributed by atoms with Crippen LogP contribution in [0.4, 0.5) is 23.5 Å². The first kappa shape index (κ1) is 26.6. The lowest BCUT2D eigenvalue weighted by molar-refractivity contribution is 0.0303. The number of aromatic nitrogens is 5. The molecule has 0 saturated carbocycles. The smallest absolute Gasteiger partial charge is 0.254 e. The minimum atomic E-state index is 0.00628. The zero-order valence-corrected chi connectivity index (χ0v) is 23.3. The lowest BCUT2D eigenvalue weighted by Gasteiger charge is -2.30. The minimum Gasteiger partial charge on any atom is -0.378 e. The molecule has 3 aliphatic rings. The summed E-state index contributed by atoms with van der Waals surface area (Å²) in [4.78, 5) is 41.4. The molecule has 2 aromatic heterocycles. The number of imidazole rings is 1. The average Bonchev–Trinajstić information content (AvgIpc) is 3.47. The summed E-state index contributed by atoms with van der Waals surface area (Å²) < 4.78 is 16.4. The molecule has 13 nitrogen and oxygen atoms in total. The van der Waals surface area contributed by atoms with Crippen LogP contribution in [0.15, 0.2) is 42.5 Å². The highest BCUT2D eigenvalue weighted by Gasteiger charge is 2.22. The van der Waals surface area contributed by atoms with Gasteiger partial charge in [0, 0.05) is 56.1 Å². The molecule has 3 aliphatic heterocycles. The van der Waals surface area contributed by atoms with Crippen LogP contribution in [0.3, 0.4) is 0 Å². The number of amides is 1. The van der Waals surface area contributed by atoms with Gasteiger partial charge in [-0.1, -0.05) is 0 Å². The quantitative estimate of drug-likeness (QED) is 0.353. The Morgan fingerprint density at radius 2 is 1.31 bits per heavy atom. The molecule has 0 atom stereocenters. The molecule has 3 saturated heterocycles. The number of benzene rings is 2. The van der Waals surface area contributed by atoms with Gasteiger partial charge in [0.05, 0.1) is 50.7 Å². The third-order valence-corrected chi connectivity index (χ3v) is 7.63. The van der Waals surface area contributed by atoms with E-state index >= 15 is 0 Å². The second kappa shape index (κ2) is 11.9.